The van der Waals surface area contributed by atoms with Crippen LogP contribution >= 0.6 is 0 Å². The summed E-state index contributed by atoms with van der Waals surface area (Å²) in [5.41, 5.74) is -3.21. The third kappa shape index (κ3) is 8.27. The summed E-state index contributed by atoms with van der Waals surface area (Å²) in [6.07, 6.45) is 2.71. The fourth-order valence-electron chi connectivity index (χ4n) is 7.09. The number of likely N-dealkylation sites (tertiary alicyclic amines) is 1. The Morgan fingerprint density at radius 3 is 2.08 bits per heavy atom. The van der Waals surface area contributed by atoms with E-state index in [1.54, 1.807) is 26.8 Å². The van der Waals surface area contributed by atoms with Crippen molar-refractivity contribution in [3.63, 3.8) is 0 Å². The van der Waals surface area contributed by atoms with Crippen LogP contribution in [0.3, 0.4) is 0 Å². The van der Waals surface area contributed by atoms with Gasteiger partial charge in [0.2, 0.25) is 21.8 Å². The van der Waals surface area contributed by atoms with Crippen LogP contribution in [0.25, 0.3) is 0 Å². The highest BCUT2D eigenvalue weighted by molar-refractivity contribution is 7.90. The number of benzene rings is 1. The van der Waals surface area contributed by atoms with Crippen LogP contribution in [-0.4, -0.2) is 99.9 Å². The van der Waals surface area contributed by atoms with Crippen molar-refractivity contribution in [3.8, 4) is 0 Å². The van der Waals surface area contributed by atoms with Gasteiger partial charge in [0.15, 0.2) is 0 Å². The topological polar surface area (TPSA) is 191 Å². The molecule has 0 bridgehead atoms. The largest absolute Gasteiger partial charge is 0.339 e. The molecule has 3 aliphatic rings. The van der Waals surface area contributed by atoms with Gasteiger partial charge in [-0.05, 0) is 46.6 Å². The van der Waals surface area contributed by atoms with Crippen molar-refractivity contribution in [2.45, 2.75) is 90.4 Å². The maximum absolute atomic E-state index is 14.4. The number of hydrogen-bond donors (Lipinski definition) is 4. The molecule has 7 atom stereocenters. The predicted molar refractivity (Wildman–Crippen MR) is 193 cm³/mol. The van der Waals surface area contributed by atoms with Crippen molar-refractivity contribution in [1.82, 2.24) is 29.9 Å². The first-order chi connectivity index (χ1) is 23.2. The smallest absolute Gasteiger partial charge is 0.315 e. The highest BCUT2D eigenvalue weighted by Crippen LogP contribution is 2.65. The molecule has 4 N–H and O–H groups in total. The fraction of sp³-hybridized carbons (Fsp3) is 0.657. The van der Waals surface area contributed by atoms with E-state index in [2.05, 4.69) is 27.3 Å². The van der Waals surface area contributed by atoms with Crippen LogP contribution in [0.15, 0.2) is 47.9 Å². The van der Waals surface area contributed by atoms with Crippen molar-refractivity contribution in [2.24, 2.45) is 34.0 Å². The number of nitrogens with one attached hydrogen (secondary N) is 4. The standard InChI is InChI=1S/C35H54N6O8S2/c1-12-21-18-35(21,30(44)39-51(48,49)22-16-14-13-15-17-22)38-28(42)26-25-23(34(25,8)9)19-41(26)29(43)27(33(5,6)7)37-31(45)36-24(32(2,3)4)20-40(10)50(11,46)47/h12-17,21,23-27H,1,18-20H2,2-11H3,(H,38,42)(H,39,44)(H2,36,37,45)/t21?,23?,24?,25?,26?,27?,35-/m1/s1. The molecule has 0 spiro atoms. The Hall–Kier alpha value is -3.50. The highest BCUT2D eigenvalue weighted by Gasteiger charge is 2.71. The summed E-state index contributed by atoms with van der Waals surface area (Å²) in [6, 6.07) is 4.06. The highest BCUT2D eigenvalue weighted by atomic mass is 32.2. The molecule has 14 nitrogen and oxygen atoms in total. The molecule has 1 aromatic rings. The number of urea groups is 1. The number of sulfonamides is 2. The summed E-state index contributed by atoms with van der Waals surface area (Å²) in [5, 5.41) is 8.49. The van der Waals surface area contributed by atoms with Gasteiger partial charge in [-0.25, -0.2) is 30.7 Å². The first-order valence-electron chi connectivity index (χ1n) is 17.0. The minimum atomic E-state index is -4.23. The minimum Gasteiger partial charge on any atom is -0.339 e. The monoisotopic (exact) mass is 750 g/mol. The Labute approximate surface area is 302 Å². The second-order valence-electron chi connectivity index (χ2n) is 17.0. The van der Waals surface area contributed by atoms with Crippen LogP contribution in [-0.2, 0) is 34.4 Å². The minimum absolute atomic E-state index is 0.00434. The van der Waals surface area contributed by atoms with Gasteiger partial charge >= 0.3 is 6.03 Å². The van der Waals surface area contributed by atoms with E-state index < -0.39 is 84.2 Å². The number of fused-ring (bicyclic) bond motifs is 1. The molecule has 3 fully saturated rings. The van der Waals surface area contributed by atoms with E-state index in [9.17, 15) is 36.0 Å². The molecule has 1 saturated heterocycles. The SMILES string of the molecule is C=CC1C[C@]1(NC(=O)C1C2C(CN1C(=O)C(NC(=O)NC(CN(C)S(C)(=O)=O)C(C)(C)C)C(C)(C)C)C2(C)C)C(=O)NS(=O)(=O)c1ccccc1. The number of amides is 5. The molecule has 51 heavy (non-hydrogen) atoms. The third-order valence-corrected chi connectivity index (χ3v) is 13.5. The molecule has 2 saturated carbocycles. The normalized spacial score (nSPS) is 26.7. The quantitative estimate of drug-likeness (QED) is 0.234. The van der Waals surface area contributed by atoms with Crippen molar-refractivity contribution in [1.29, 1.82) is 0 Å². The summed E-state index contributed by atoms with van der Waals surface area (Å²) >= 11 is 0. The number of nitrogens with zero attached hydrogens (tertiary/aromatic N) is 2. The number of hydrogen-bond acceptors (Lipinski definition) is 8. The Morgan fingerprint density at radius 1 is 1.00 bits per heavy atom. The maximum atomic E-state index is 14.4. The predicted octanol–water partition coefficient (Wildman–Crippen LogP) is 2.06. The second kappa shape index (κ2) is 13.5. The van der Waals surface area contributed by atoms with Gasteiger partial charge in [0, 0.05) is 32.1 Å². The van der Waals surface area contributed by atoms with Gasteiger partial charge in [-0.15, -0.1) is 6.58 Å². The molecule has 5 amide bonds. The molecule has 1 heterocycles. The van der Waals surface area contributed by atoms with E-state index in [-0.39, 0.29) is 41.7 Å². The van der Waals surface area contributed by atoms with Gasteiger partial charge in [0.25, 0.3) is 15.9 Å². The average Bonchev–Trinajstić information content (AvgIpc) is 3.76. The van der Waals surface area contributed by atoms with Crippen LogP contribution < -0.4 is 20.7 Å². The third-order valence-electron chi connectivity index (χ3n) is 10.8. The Balaban J connectivity index is 1.57. The van der Waals surface area contributed by atoms with Crippen LogP contribution in [0.2, 0.25) is 0 Å². The fourth-order valence-corrected chi connectivity index (χ4v) is 8.57. The lowest BCUT2D eigenvalue weighted by Crippen LogP contribution is -2.63. The molecular formula is C35H54N6O8S2. The maximum Gasteiger partial charge on any atom is 0.315 e. The molecule has 0 aromatic heterocycles. The van der Waals surface area contributed by atoms with Gasteiger partial charge in [0.05, 0.1) is 11.2 Å². The van der Waals surface area contributed by atoms with Gasteiger partial charge in [-0.2, -0.15) is 0 Å². The zero-order chi connectivity index (χ0) is 38.7. The number of carbonyl (C=O) groups is 4. The second-order valence-corrected chi connectivity index (χ2v) is 20.8. The number of piperidine rings is 1. The lowest BCUT2D eigenvalue weighted by atomic mass is 9.85. The van der Waals surface area contributed by atoms with E-state index in [0.717, 1.165) is 10.6 Å². The van der Waals surface area contributed by atoms with Crippen molar-refractivity contribution >= 4 is 43.8 Å². The summed E-state index contributed by atoms with van der Waals surface area (Å²) in [6.45, 7) is 19.0. The van der Waals surface area contributed by atoms with Crippen LogP contribution in [0.5, 0.6) is 0 Å². The lowest BCUT2D eigenvalue weighted by Gasteiger charge is -2.39. The van der Waals surface area contributed by atoms with Gasteiger partial charge in [-0.3, -0.25) is 14.4 Å². The van der Waals surface area contributed by atoms with Gasteiger partial charge in [-0.1, -0.05) is 79.7 Å². The molecule has 2 aliphatic carbocycles. The van der Waals surface area contributed by atoms with E-state index in [0.29, 0.717) is 0 Å². The van der Waals surface area contributed by atoms with E-state index in [1.807, 2.05) is 34.6 Å². The molecule has 1 aliphatic heterocycles. The van der Waals surface area contributed by atoms with Gasteiger partial charge in [0.1, 0.15) is 17.6 Å². The number of carbonyl (C=O) groups excluding carboxylic acids is 4. The van der Waals surface area contributed by atoms with Crippen molar-refractivity contribution < 1.29 is 36.0 Å². The van der Waals surface area contributed by atoms with Crippen molar-refractivity contribution in [2.75, 3.05) is 26.4 Å². The van der Waals surface area contributed by atoms with Crippen LogP contribution in [0, 0.1) is 34.0 Å². The Kier molecular flexibility index (Phi) is 10.6. The summed E-state index contributed by atoms with van der Waals surface area (Å²) in [7, 11) is -6.34. The molecule has 4 rings (SSSR count). The van der Waals surface area contributed by atoms with E-state index in [4.69, 9.17) is 0 Å². The summed E-state index contributed by atoms with van der Waals surface area (Å²) in [4.78, 5) is 57.1. The van der Waals surface area contributed by atoms with Crippen LogP contribution in [0.4, 0.5) is 4.79 Å². The number of rotatable bonds is 12. The Morgan fingerprint density at radius 2 is 1.59 bits per heavy atom. The molecular weight excluding hydrogens is 697 g/mol. The summed E-state index contributed by atoms with van der Waals surface area (Å²) < 4.78 is 53.6. The van der Waals surface area contributed by atoms with E-state index in [1.165, 1.54) is 42.3 Å². The number of likely N-dealkylation sites (N-methyl/N-ethyl adjacent to an activating group) is 1. The molecule has 0 radical (unpaired) electrons. The molecule has 16 heteroatoms. The summed E-state index contributed by atoms with van der Waals surface area (Å²) in [5.74, 6) is -2.75. The first-order valence-corrected chi connectivity index (χ1v) is 20.4. The lowest BCUT2D eigenvalue weighted by molar-refractivity contribution is -0.144. The molecule has 284 valence electrons. The first kappa shape index (κ1) is 40.3. The Bertz CT molecular complexity index is 1790. The molecule has 6 unspecified atom stereocenters. The molecule has 1 aromatic carbocycles. The van der Waals surface area contributed by atoms with E-state index >= 15 is 0 Å². The van der Waals surface area contributed by atoms with Gasteiger partial charge < -0.3 is 20.9 Å². The zero-order valence-electron chi connectivity index (χ0n) is 31.2. The average molecular weight is 751 g/mol. The van der Waals surface area contributed by atoms with Crippen molar-refractivity contribution in [3.05, 3.63) is 43.0 Å². The zero-order valence-corrected chi connectivity index (χ0v) is 32.9. The van der Waals surface area contributed by atoms with Crippen LogP contribution in [0.1, 0.15) is 61.8 Å².